The summed E-state index contributed by atoms with van der Waals surface area (Å²) in [7, 11) is 0. The van der Waals surface area contributed by atoms with Crippen molar-refractivity contribution in [2.24, 2.45) is 0 Å². The maximum atomic E-state index is 9.05. The minimum absolute atomic E-state index is 0.110. The molecule has 0 radical (unpaired) electrons. The first-order valence-corrected chi connectivity index (χ1v) is 9.13. The average Bonchev–Trinajstić information content (AvgIpc) is 3.39. The molecular weight excluding hydrogens is 364 g/mol. The molecule has 0 fully saturated rings. The van der Waals surface area contributed by atoms with Crippen LogP contribution in [0.5, 0.6) is 0 Å². The van der Waals surface area contributed by atoms with E-state index in [1.807, 2.05) is 41.9 Å². The van der Waals surface area contributed by atoms with Crippen LogP contribution in [0, 0.1) is 11.3 Å². The van der Waals surface area contributed by atoms with Crippen molar-refractivity contribution in [2.45, 2.75) is 13.0 Å². The Labute approximate surface area is 165 Å². The van der Waals surface area contributed by atoms with E-state index in [9.17, 15) is 0 Å². The fourth-order valence-electron chi connectivity index (χ4n) is 3.43. The molecule has 8 heteroatoms. The molecule has 0 saturated carbocycles. The van der Waals surface area contributed by atoms with Gasteiger partial charge in [-0.2, -0.15) is 10.4 Å². The molecule has 140 valence electrons. The number of nitrogens with zero attached hydrogens (tertiary/aromatic N) is 6. The number of aromatic amines is 1. The normalized spacial score (nSPS) is 12.1. The summed E-state index contributed by atoms with van der Waals surface area (Å²) in [6, 6.07) is 17.5. The Hall–Kier alpha value is -4.25. The van der Waals surface area contributed by atoms with Crippen LogP contribution in [0.15, 0.2) is 61.2 Å². The maximum Gasteiger partial charge on any atom is 0.182 e. The predicted octanol–water partition coefficient (Wildman–Crippen LogP) is 3.74. The van der Waals surface area contributed by atoms with Crippen molar-refractivity contribution in [3.63, 3.8) is 0 Å². The third-order valence-corrected chi connectivity index (χ3v) is 4.84. The van der Waals surface area contributed by atoms with Gasteiger partial charge in [0.1, 0.15) is 11.8 Å². The number of H-pyrrole nitrogens is 1. The lowest BCUT2D eigenvalue weighted by atomic mass is 10.1. The van der Waals surface area contributed by atoms with E-state index in [1.54, 1.807) is 18.5 Å². The number of rotatable bonds is 4. The second-order valence-corrected chi connectivity index (χ2v) is 6.66. The molecule has 3 aromatic heterocycles. The number of para-hydroxylation sites is 1. The van der Waals surface area contributed by atoms with Crippen LogP contribution >= 0.6 is 0 Å². The summed E-state index contributed by atoms with van der Waals surface area (Å²) in [4.78, 5) is 15.8. The number of nitriles is 1. The number of anilines is 1. The van der Waals surface area contributed by atoms with E-state index in [0.717, 1.165) is 27.8 Å². The van der Waals surface area contributed by atoms with E-state index in [4.69, 9.17) is 10.4 Å². The molecule has 0 amide bonds. The van der Waals surface area contributed by atoms with Crippen molar-refractivity contribution in [3.8, 4) is 11.8 Å². The fourth-order valence-corrected chi connectivity index (χ4v) is 3.43. The molecule has 5 rings (SSSR count). The van der Waals surface area contributed by atoms with Gasteiger partial charge in [0.2, 0.25) is 0 Å². The van der Waals surface area contributed by atoms with E-state index in [1.165, 1.54) is 6.33 Å². The minimum atomic E-state index is -0.110. The van der Waals surface area contributed by atoms with Crippen LogP contribution in [0.25, 0.3) is 27.8 Å². The molecule has 0 aliphatic heterocycles. The van der Waals surface area contributed by atoms with Crippen LogP contribution in [-0.2, 0) is 0 Å². The van der Waals surface area contributed by atoms with Crippen LogP contribution in [0.2, 0.25) is 0 Å². The van der Waals surface area contributed by atoms with Crippen LogP contribution in [0.3, 0.4) is 0 Å². The summed E-state index contributed by atoms with van der Waals surface area (Å²) in [5.41, 5.74) is 4.79. The molecule has 1 atom stereocenters. The van der Waals surface area contributed by atoms with Gasteiger partial charge in [0.05, 0.1) is 40.9 Å². The molecule has 1 unspecified atom stereocenters. The Bertz CT molecular complexity index is 1360. The summed E-state index contributed by atoms with van der Waals surface area (Å²) in [5, 5.41) is 18.4. The second kappa shape index (κ2) is 6.73. The first kappa shape index (κ1) is 16.9. The summed E-state index contributed by atoms with van der Waals surface area (Å²) < 4.78 is 1.90. The number of nitrogens with one attached hydrogen (secondary N) is 2. The number of fused-ring (bicyclic) bond motifs is 2. The van der Waals surface area contributed by atoms with Gasteiger partial charge in [-0.3, -0.25) is 0 Å². The highest BCUT2D eigenvalue weighted by Crippen LogP contribution is 2.29. The zero-order valence-electron chi connectivity index (χ0n) is 15.5. The molecule has 8 nitrogen and oxygen atoms in total. The Morgan fingerprint density at radius 2 is 1.90 bits per heavy atom. The van der Waals surface area contributed by atoms with Crippen molar-refractivity contribution in [3.05, 3.63) is 72.4 Å². The van der Waals surface area contributed by atoms with Crippen molar-refractivity contribution >= 4 is 27.9 Å². The Morgan fingerprint density at radius 1 is 1.07 bits per heavy atom. The average molecular weight is 380 g/mol. The van der Waals surface area contributed by atoms with Gasteiger partial charge < -0.3 is 10.3 Å². The van der Waals surface area contributed by atoms with Gasteiger partial charge in [-0.15, -0.1) is 0 Å². The first-order valence-electron chi connectivity index (χ1n) is 9.13. The van der Waals surface area contributed by atoms with Crippen LogP contribution in [0.1, 0.15) is 24.2 Å². The van der Waals surface area contributed by atoms with E-state index in [-0.39, 0.29) is 6.04 Å². The van der Waals surface area contributed by atoms with Gasteiger partial charge >= 0.3 is 0 Å². The molecule has 3 heterocycles. The monoisotopic (exact) mass is 380 g/mol. The standard InChI is InChI=1S/C21H16N8/c1-13(27-21-19-20(24-11-23-19)25-12-26-21)18-16-4-2-3-5-17(16)29(28-18)15-8-6-14(10-22)7-9-15/h2-9,11-13H,1H3,(H2,23,24,25,26,27). The van der Waals surface area contributed by atoms with Crippen molar-refractivity contribution in [2.75, 3.05) is 5.32 Å². The van der Waals surface area contributed by atoms with Gasteiger partial charge in [0.15, 0.2) is 11.5 Å². The highest BCUT2D eigenvalue weighted by atomic mass is 15.3. The van der Waals surface area contributed by atoms with Crippen LogP contribution in [-0.4, -0.2) is 29.7 Å². The molecule has 29 heavy (non-hydrogen) atoms. The van der Waals surface area contributed by atoms with Gasteiger partial charge in [0.25, 0.3) is 0 Å². The zero-order chi connectivity index (χ0) is 19.8. The Kier molecular flexibility index (Phi) is 3.92. The third-order valence-electron chi connectivity index (χ3n) is 4.84. The lowest BCUT2D eigenvalue weighted by molar-refractivity contribution is 0.786. The number of hydrogen-bond acceptors (Lipinski definition) is 6. The Morgan fingerprint density at radius 3 is 2.72 bits per heavy atom. The Balaban J connectivity index is 1.58. The SMILES string of the molecule is CC(Nc1ncnc2nc[nH]c12)c1nn(-c2ccc(C#N)cc2)c2ccccc12. The van der Waals surface area contributed by atoms with Gasteiger partial charge in [-0.25, -0.2) is 19.6 Å². The second-order valence-electron chi connectivity index (χ2n) is 6.66. The number of benzene rings is 2. The summed E-state index contributed by atoms with van der Waals surface area (Å²) in [5.74, 6) is 0.678. The summed E-state index contributed by atoms with van der Waals surface area (Å²) in [6.07, 6.45) is 3.09. The van der Waals surface area contributed by atoms with E-state index < -0.39 is 0 Å². The smallest absolute Gasteiger partial charge is 0.182 e. The number of aromatic nitrogens is 6. The molecule has 2 aromatic carbocycles. The predicted molar refractivity (Wildman–Crippen MR) is 110 cm³/mol. The number of hydrogen-bond donors (Lipinski definition) is 2. The maximum absolute atomic E-state index is 9.05. The molecular formula is C21H16N8. The van der Waals surface area contributed by atoms with Gasteiger partial charge in [0, 0.05) is 5.39 Å². The summed E-state index contributed by atoms with van der Waals surface area (Å²) in [6.45, 7) is 2.04. The lowest BCUT2D eigenvalue weighted by Gasteiger charge is -2.13. The quantitative estimate of drug-likeness (QED) is 0.492. The third kappa shape index (κ3) is 2.85. The topological polar surface area (TPSA) is 108 Å². The molecule has 0 aliphatic rings. The highest BCUT2D eigenvalue weighted by molar-refractivity contribution is 5.85. The van der Waals surface area contributed by atoms with E-state index in [0.29, 0.717) is 17.0 Å². The van der Waals surface area contributed by atoms with E-state index >= 15 is 0 Å². The molecule has 5 aromatic rings. The van der Waals surface area contributed by atoms with Crippen LogP contribution in [0.4, 0.5) is 5.82 Å². The molecule has 0 spiro atoms. The molecule has 0 saturated heterocycles. The van der Waals surface area contributed by atoms with Crippen molar-refractivity contribution < 1.29 is 0 Å². The minimum Gasteiger partial charge on any atom is -0.360 e. The summed E-state index contributed by atoms with van der Waals surface area (Å²) >= 11 is 0. The van der Waals surface area contributed by atoms with E-state index in [2.05, 4.69) is 37.4 Å². The zero-order valence-corrected chi connectivity index (χ0v) is 15.5. The highest BCUT2D eigenvalue weighted by Gasteiger charge is 2.18. The van der Waals surface area contributed by atoms with Gasteiger partial charge in [-0.1, -0.05) is 18.2 Å². The fraction of sp³-hybridized carbons (Fsp3) is 0.0952. The lowest BCUT2D eigenvalue weighted by Crippen LogP contribution is -2.10. The van der Waals surface area contributed by atoms with Crippen molar-refractivity contribution in [1.29, 1.82) is 5.26 Å². The van der Waals surface area contributed by atoms with Gasteiger partial charge in [-0.05, 0) is 37.3 Å². The molecule has 0 aliphatic carbocycles. The number of imidazole rings is 1. The molecule has 0 bridgehead atoms. The van der Waals surface area contributed by atoms with Crippen LogP contribution < -0.4 is 5.32 Å². The molecule has 2 N–H and O–H groups in total. The van der Waals surface area contributed by atoms with Crippen molar-refractivity contribution in [1.82, 2.24) is 29.7 Å². The largest absolute Gasteiger partial charge is 0.360 e. The first-order chi connectivity index (χ1) is 14.2.